The zero-order valence-corrected chi connectivity index (χ0v) is 16.5. The first-order chi connectivity index (χ1) is 14.5. The first-order valence-electron chi connectivity index (χ1n) is 9.35. The van der Waals surface area contributed by atoms with Crippen LogP contribution < -0.4 is 15.0 Å². The molecule has 150 valence electrons. The number of amides is 2. The summed E-state index contributed by atoms with van der Waals surface area (Å²) in [7, 11) is 1.55. The zero-order valence-electron chi connectivity index (χ0n) is 16.5. The van der Waals surface area contributed by atoms with Crippen molar-refractivity contribution >= 4 is 28.8 Å². The van der Waals surface area contributed by atoms with E-state index in [4.69, 9.17) is 4.74 Å². The molecule has 0 saturated carbocycles. The number of nitrogens with zero attached hydrogens (tertiary/aromatic N) is 1. The zero-order chi connectivity index (χ0) is 21.3. The summed E-state index contributed by atoms with van der Waals surface area (Å²) in [5.74, 6) is -0.756. The number of aryl methyl sites for hydroxylation is 1. The first-order valence-corrected chi connectivity index (χ1v) is 9.35. The van der Waals surface area contributed by atoms with Crippen molar-refractivity contribution in [2.45, 2.75) is 6.92 Å². The molecule has 0 saturated heterocycles. The van der Waals surface area contributed by atoms with Gasteiger partial charge in [0.15, 0.2) is 0 Å². The third-order valence-electron chi connectivity index (χ3n) is 4.91. The molecule has 1 N–H and O–H groups in total. The molecule has 0 bridgehead atoms. The third kappa shape index (κ3) is 3.43. The minimum atomic E-state index is -0.496. The number of anilines is 2. The second kappa shape index (κ2) is 7.83. The fraction of sp³-hybridized carbons (Fsp3) is 0.0833. The smallest absolute Gasteiger partial charge is 0.282 e. The lowest BCUT2D eigenvalue weighted by molar-refractivity contribution is -0.120. The number of imide groups is 1. The van der Waals surface area contributed by atoms with Crippen molar-refractivity contribution in [1.82, 2.24) is 0 Å². The molecule has 3 aromatic rings. The number of hydrogen-bond acceptors (Lipinski definition) is 4. The largest absolute Gasteiger partial charge is 0.497 e. The molecule has 0 radical (unpaired) electrons. The van der Waals surface area contributed by atoms with Gasteiger partial charge in [-0.15, -0.1) is 0 Å². The normalized spacial score (nSPS) is 13.8. The topological polar surface area (TPSA) is 58.6 Å². The maximum Gasteiger partial charge on any atom is 0.282 e. The lowest BCUT2D eigenvalue weighted by atomic mass is 10.0. The molecule has 5 nitrogen and oxygen atoms in total. The van der Waals surface area contributed by atoms with Crippen molar-refractivity contribution in [2.75, 3.05) is 17.3 Å². The highest BCUT2D eigenvalue weighted by Gasteiger charge is 2.40. The minimum absolute atomic E-state index is 0.0963. The molecule has 0 aliphatic carbocycles. The van der Waals surface area contributed by atoms with Gasteiger partial charge in [-0.3, -0.25) is 9.59 Å². The average Bonchev–Trinajstić information content (AvgIpc) is 2.98. The summed E-state index contributed by atoms with van der Waals surface area (Å²) in [6.07, 6.45) is 0. The Balaban J connectivity index is 1.84. The number of nitrogens with one attached hydrogen (secondary N) is 1. The van der Waals surface area contributed by atoms with Gasteiger partial charge < -0.3 is 10.1 Å². The number of carbonyl (C=O) groups is 2. The lowest BCUT2D eigenvalue weighted by Crippen LogP contribution is -2.33. The molecule has 2 amide bonds. The molecule has 1 aliphatic rings. The highest BCUT2D eigenvalue weighted by Crippen LogP contribution is 2.35. The summed E-state index contributed by atoms with van der Waals surface area (Å²) >= 11 is 0. The number of ether oxygens (including phenoxy) is 1. The molecule has 3 aromatic carbocycles. The Morgan fingerprint density at radius 2 is 1.63 bits per heavy atom. The number of carbonyl (C=O) groups excluding carboxylic acids is 2. The molecular weight excluding hydrogens is 383 g/mol. The van der Waals surface area contributed by atoms with E-state index in [1.54, 1.807) is 49.6 Å². The highest BCUT2D eigenvalue weighted by molar-refractivity contribution is 6.46. The Labute approximate surface area is 173 Å². The van der Waals surface area contributed by atoms with Gasteiger partial charge in [0, 0.05) is 5.69 Å². The summed E-state index contributed by atoms with van der Waals surface area (Å²) in [6.45, 7) is 1.83. The van der Waals surface area contributed by atoms with Crippen LogP contribution in [0.5, 0.6) is 5.75 Å². The van der Waals surface area contributed by atoms with Crippen molar-refractivity contribution in [3.8, 4) is 5.75 Å². The van der Waals surface area contributed by atoms with Crippen LogP contribution in [-0.4, -0.2) is 18.9 Å². The molecule has 1 heterocycles. The van der Waals surface area contributed by atoms with E-state index < -0.39 is 17.6 Å². The highest BCUT2D eigenvalue weighted by atomic mass is 19.1. The van der Waals surface area contributed by atoms with E-state index in [1.165, 1.54) is 18.2 Å². The van der Waals surface area contributed by atoms with E-state index in [1.807, 2.05) is 19.1 Å². The van der Waals surface area contributed by atoms with Gasteiger partial charge in [0.05, 0.1) is 18.4 Å². The SMILES string of the molecule is COc1ccc(C2=C(Nc3cccc(F)c3)C(=O)N(c3ccccc3C)C2=O)cc1. The van der Waals surface area contributed by atoms with E-state index >= 15 is 0 Å². The van der Waals surface area contributed by atoms with Crippen LogP contribution >= 0.6 is 0 Å². The molecule has 0 spiro atoms. The van der Waals surface area contributed by atoms with Crippen LogP contribution in [-0.2, 0) is 9.59 Å². The van der Waals surface area contributed by atoms with E-state index in [0.717, 1.165) is 10.5 Å². The minimum Gasteiger partial charge on any atom is -0.497 e. The van der Waals surface area contributed by atoms with Crippen LogP contribution in [0.4, 0.5) is 15.8 Å². The Morgan fingerprint density at radius 1 is 0.900 bits per heavy atom. The Kier molecular flexibility index (Phi) is 5.06. The predicted octanol–water partition coefficient (Wildman–Crippen LogP) is 4.54. The maximum absolute atomic E-state index is 13.7. The van der Waals surface area contributed by atoms with Gasteiger partial charge in [-0.2, -0.15) is 0 Å². The van der Waals surface area contributed by atoms with Gasteiger partial charge >= 0.3 is 0 Å². The average molecular weight is 402 g/mol. The Bertz CT molecular complexity index is 1170. The Hall–Kier alpha value is -3.93. The monoisotopic (exact) mass is 402 g/mol. The van der Waals surface area contributed by atoms with E-state index in [-0.39, 0.29) is 11.3 Å². The van der Waals surface area contributed by atoms with E-state index in [2.05, 4.69) is 5.32 Å². The molecule has 0 unspecified atom stereocenters. The van der Waals surface area contributed by atoms with Gasteiger partial charge in [-0.1, -0.05) is 36.4 Å². The van der Waals surface area contributed by atoms with Crippen molar-refractivity contribution in [2.24, 2.45) is 0 Å². The first kappa shape index (κ1) is 19.4. The quantitative estimate of drug-likeness (QED) is 0.637. The Morgan fingerprint density at radius 3 is 2.30 bits per heavy atom. The molecule has 0 atom stereocenters. The molecule has 4 rings (SSSR count). The summed E-state index contributed by atoms with van der Waals surface area (Å²) in [4.78, 5) is 27.9. The molecule has 6 heteroatoms. The van der Waals surface area contributed by atoms with Gasteiger partial charge in [0.1, 0.15) is 17.3 Å². The van der Waals surface area contributed by atoms with Crippen molar-refractivity contribution < 1.29 is 18.7 Å². The van der Waals surface area contributed by atoms with Crippen LogP contribution in [0.2, 0.25) is 0 Å². The van der Waals surface area contributed by atoms with E-state index in [0.29, 0.717) is 22.7 Å². The molecule has 1 aliphatic heterocycles. The number of methoxy groups -OCH3 is 1. The predicted molar refractivity (Wildman–Crippen MR) is 114 cm³/mol. The fourth-order valence-electron chi connectivity index (χ4n) is 3.41. The maximum atomic E-state index is 13.7. The second-order valence-corrected chi connectivity index (χ2v) is 6.85. The molecular formula is C24H19FN2O3. The second-order valence-electron chi connectivity index (χ2n) is 6.85. The molecule has 0 fully saturated rings. The fourth-order valence-corrected chi connectivity index (χ4v) is 3.41. The molecule has 30 heavy (non-hydrogen) atoms. The van der Waals surface area contributed by atoms with Crippen LogP contribution in [0.3, 0.4) is 0 Å². The van der Waals surface area contributed by atoms with E-state index in [9.17, 15) is 14.0 Å². The summed E-state index contributed by atoms with van der Waals surface area (Å²) in [6, 6.07) is 19.8. The van der Waals surface area contributed by atoms with Gasteiger partial charge in [-0.25, -0.2) is 9.29 Å². The van der Waals surface area contributed by atoms with Crippen molar-refractivity contribution in [1.29, 1.82) is 0 Å². The number of halogens is 1. The van der Waals surface area contributed by atoms with Crippen LogP contribution in [0, 0.1) is 12.7 Å². The summed E-state index contributed by atoms with van der Waals surface area (Å²) < 4.78 is 18.9. The van der Waals surface area contributed by atoms with Crippen molar-refractivity contribution in [3.63, 3.8) is 0 Å². The van der Waals surface area contributed by atoms with Crippen LogP contribution in [0.25, 0.3) is 5.57 Å². The molecule has 0 aromatic heterocycles. The standard InChI is InChI=1S/C24H19FN2O3/c1-15-6-3-4-9-20(15)27-23(28)21(16-10-12-19(30-2)13-11-16)22(24(27)29)26-18-8-5-7-17(25)14-18/h3-14,26H,1-2H3. The van der Waals surface area contributed by atoms with Gasteiger partial charge in [0.2, 0.25) is 0 Å². The van der Waals surface area contributed by atoms with Crippen molar-refractivity contribution in [3.05, 3.63) is 95.4 Å². The number of rotatable bonds is 5. The number of para-hydroxylation sites is 1. The number of benzene rings is 3. The third-order valence-corrected chi connectivity index (χ3v) is 4.91. The number of hydrogen-bond donors (Lipinski definition) is 1. The van der Waals surface area contributed by atoms with Crippen LogP contribution in [0.1, 0.15) is 11.1 Å². The van der Waals surface area contributed by atoms with Crippen LogP contribution in [0.15, 0.2) is 78.5 Å². The lowest BCUT2D eigenvalue weighted by Gasteiger charge is -2.17. The van der Waals surface area contributed by atoms with Gasteiger partial charge in [0.25, 0.3) is 11.8 Å². The summed E-state index contributed by atoms with van der Waals surface area (Å²) in [5.41, 5.74) is 2.55. The summed E-state index contributed by atoms with van der Waals surface area (Å²) in [5, 5.41) is 2.95. The van der Waals surface area contributed by atoms with Gasteiger partial charge in [-0.05, 0) is 54.4 Å².